The van der Waals surface area contributed by atoms with Gasteiger partial charge in [0.05, 0.1) is 27.7 Å². The van der Waals surface area contributed by atoms with Crippen molar-refractivity contribution >= 4 is 19.8 Å². The summed E-state index contributed by atoms with van der Waals surface area (Å²) in [6, 6.07) is 0. The minimum absolute atomic E-state index is 0.0369. The molecule has 2 atom stereocenters. The molecule has 1 unspecified atom stereocenters. The van der Waals surface area contributed by atoms with Gasteiger partial charge >= 0.3 is 19.8 Å². The van der Waals surface area contributed by atoms with Gasteiger partial charge < -0.3 is 18.9 Å². The molecule has 0 aliphatic carbocycles. The fourth-order valence-corrected chi connectivity index (χ4v) is 7.64. The Morgan fingerprint density at radius 2 is 0.804 bits per heavy atom. The van der Waals surface area contributed by atoms with Gasteiger partial charge in [-0.05, 0) is 12.8 Å². The topological polar surface area (TPSA) is 108 Å². The minimum Gasteiger partial charge on any atom is -0.462 e. The highest BCUT2D eigenvalue weighted by atomic mass is 31.2. The molecule has 0 fully saturated rings. The number of rotatable bonds is 44. The van der Waals surface area contributed by atoms with Gasteiger partial charge in [-0.2, -0.15) is 0 Å². The van der Waals surface area contributed by atoms with Crippen LogP contribution in [0.25, 0.3) is 0 Å². The third-order valence-electron chi connectivity index (χ3n) is 10.6. The van der Waals surface area contributed by atoms with Crippen LogP contribution in [0.3, 0.4) is 0 Å². The lowest BCUT2D eigenvalue weighted by Crippen LogP contribution is -2.37. The van der Waals surface area contributed by atoms with Crippen molar-refractivity contribution in [1.82, 2.24) is 0 Å². The third kappa shape index (κ3) is 42.6. The molecule has 9 nitrogen and oxygen atoms in total. The Morgan fingerprint density at radius 1 is 0.482 bits per heavy atom. The van der Waals surface area contributed by atoms with E-state index in [1.165, 1.54) is 167 Å². The highest BCUT2D eigenvalue weighted by Gasteiger charge is 2.27. The largest absolute Gasteiger partial charge is 0.472 e. The van der Waals surface area contributed by atoms with Crippen LogP contribution in [-0.4, -0.2) is 74.9 Å². The molecule has 0 heterocycles. The van der Waals surface area contributed by atoms with Crippen molar-refractivity contribution in [3.8, 4) is 0 Å². The molecule has 10 heteroatoms. The number of phosphoric acid groups is 1. The molecule has 1 N–H and O–H groups in total. The molecule has 334 valence electrons. The van der Waals surface area contributed by atoms with E-state index in [0.29, 0.717) is 17.4 Å². The third-order valence-corrected chi connectivity index (χ3v) is 11.6. The van der Waals surface area contributed by atoms with Gasteiger partial charge in [0.2, 0.25) is 0 Å². The van der Waals surface area contributed by atoms with Gasteiger partial charge in [0.25, 0.3) is 0 Å². The van der Waals surface area contributed by atoms with E-state index in [1.807, 2.05) is 21.1 Å². The number of carbonyl (C=O) groups is 2. The van der Waals surface area contributed by atoms with Crippen LogP contribution < -0.4 is 0 Å². The van der Waals surface area contributed by atoms with Crippen molar-refractivity contribution in [3.63, 3.8) is 0 Å². The second kappa shape index (κ2) is 39.5. The van der Waals surface area contributed by atoms with Crippen LogP contribution >= 0.6 is 7.82 Å². The van der Waals surface area contributed by atoms with Crippen molar-refractivity contribution < 1.29 is 42.1 Å². The zero-order valence-corrected chi connectivity index (χ0v) is 38.5. The van der Waals surface area contributed by atoms with Crippen molar-refractivity contribution in [1.29, 1.82) is 0 Å². The highest BCUT2D eigenvalue weighted by Crippen LogP contribution is 2.43. The summed E-state index contributed by atoms with van der Waals surface area (Å²) in [6.07, 6.45) is 40.0. The SMILES string of the molecule is CCCCCCCCCCCCCCCCCCCCCC(=O)OC[C@@H](COP(=O)(O)OCC[N+](C)(C)C)OC(=O)CCCCCCCCCCCCCCC. The molecule has 0 aliphatic rings. The maximum absolute atomic E-state index is 12.7. The molecule has 0 aromatic rings. The fourth-order valence-electron chi connectivity index (χ4n) is 6.90. The molecule has 0 aliphatic heterocycles. The Kier molecular flexibility index (Phi) is 38.8. The number of unbranched alkanes of at least 4 members (excludes halogenated alkanes) is 30. The summed E-state index contributed by atoms with van der Waals surface area (Å²) in [5, 5.41) is 0. The van der Waals surface area contributed by atoms with E-state index in [9.17, 15) is 19.0 Å². The van der Waals surface area contributed by atoms with Crippen LogP contribution in [0.2, 0.25) is 0 Å². The summed E-state index contributed by atoms with van der Waals surface area (Å²) >= 11 is 0. The van der Waals surface area contributed by atoms with E-state index in [4.69, 9.17) is 18.5 Å². The monoisotopic (exact) mass is 819 g/mol. The second-order valence-corrected chi connectivity index (χ2v) is 19.0. The number of phosphoric ester groups is 1. The molecule has 0 saturated heterocycles. The molecule has 0 bridgehead atoms. The maximum Gasteiger partial charge on any atom is 0.472 e. The van der Waals surface area contributed by atoms with Crippen LogP contribution in [0.15, 0.2) is 0 Å². The van der Waals surface area contributed by atoms with Gasteiger partial charge in [-0.3, -0.25) is 18.6 Å². The standard InChI is InChI=1S/C46H92NO8P/c1-6-8-10-12-14-16-18-20-21-22-23-24-25-27-28-30-32-34-36-38-45(48)52-42-44(43-54-56(50,51)53-41-40-47(3,4)5)55-46(49)39-37-35-33-31-29-26-19-17-15-13-11-9-7-2/h44H,6-43H2,1-5H3/p+1/t44-/m0/s1. The van der Waals surface area contributed by atoms with Crippen molar-refractivity contribution in [2.45, 2.75) is 238 Å². The first-order valence-corrected chi connectivity index (χ1v) is 25.3. The van der Waals surface area contributed by atoms with Crippen LogP contribution in [0.1, 0.15) is 232 Å². The molecule has 0 aromatic heterocycles. The number of carbonyl (C=O) groups excluding carboxylic acids is 2. The average Bonchev–Trinajstić information content (AvgIpc) is 3.15. The van der Waals surface area contributed by atoms with E-state index in [0.717, 1.165) is 38.5 Å². The second-order valence-electron chi connectivity index (χ2n) is 17.5. The lowest BCUT2D eigenvalue weighted by atomic mass is 10.0. The van der Waals surface area contributed by atoms with Gasteiger partial charge in [0.1, 0.15) is 19.8 Å². The number of likely N-dealkylation sites (N-methyl/N-ethyl adjacent to an activating group) is 1. The van der Waals surface area contributed by atoms with E-state index < -0.39 is 26.5 Å². The predicted molar refractivity (Wildman–Crippen MR) is 234 cm³/mol. The zero-order chi connectivity index (χ0) is 41.4. The van der Waals surface area contributed by atoms with E-state index >= 15 is 0 Å². The lowest BCUT2D eigenvalue weighted by molar-refractivity contribution is -0.870. The normalized spacial score (nSPS) is 13.5. The first kappa shape index (κ1) is 55.0. The van der Waals surface area contributed by atoms with E-state index in [2.05, 4.69) is 13.8 Å². The number of hydrogen-bond donors (Lipinski definition) is 1. The number of nitrogens with zero attached hydrogens (tertiary/aromatic N) is 1. The van der Waals surface area contributed by atoms with Crippen LogP contribution in [-0.2, 0) is 32.7 Å². The number of esters is 2. The van der Waals surface area contributed by atoms with Crippen LogP contribution in [0, 0.1) is 0 Å². The predicted octanol–water partition coefficient (Wildman–Crippen LogP) is 13.6. The molecule has 0 radical (unpaired) electrons. The van der Waals surface area contributed by atoms with Crippen molar-refractivity contribution in [3.05, 3.63) is 0 Å². The number of quaternary nitrogens is 1. The number of hydrogen-bond acceptors (Lipinski definition) is 7. The summed E-state index contributed by atoms with van der Waals surface area (Å²) < 4.78 is 34.4. The summed E-state index contributed by atoms with van der Waals surface area (Å²) in [7, 11) is 1.49. The smallest absolute Gasteiger partial charge is 0.462 e. The summed E-state index contributed by atoms with van der Waals surface area (Å²) in [6.45, 7) is 4.47. The Morgan fingerprint density at radius 3 is 1.14 bits per heavy atom. The Balaban J connectivity index is 4.22. The van der Waals surface area contributed by atoms with E-state index in [1.54, 1.807) is 0 Å². The molecule has 0 rings (SSSR count). The maximum atomic E-state index is 12.7. The van der Waals surface area contributed by atoms with Gasteiger partial charge in [-0.1, -0.05) is 206 Å². The van der Waals surface area contributed by atoms with Crippen molar-refractivity contribution in [2.24, 2.45) is 0 Å². The van der Waals surface area contributed by atoms with Gasteiger partial charge in [-0.15, -0.1) is 0 Å². The Labute approximate surface area is 346 Å². The summed E-state index contributed by atoms with van der Waals surface area (Å²) in [5.41, 5.74) is 0. The van der Waals surface area contributed by atoms with Gasteiger partial charge in [0.15, 0.2) is 6.10 Å². The molecule has 0 amide bonds. The minimum atomic E-state index is -4.37. The quantitative estimate of drug-likeness (QED) is 0.0280. The number of ether oxygens (including phenoxy) is 2. The molecule has 0 aromatic carbocycles. The van der Waals surface area contributed by atoms with Crippen molar-refractivity contribution in [2.75, 3.05) is 47.5 Å². The highest BCUT2D eigenvalue weighted by molar-refractivity contribution is 7.47. The zero-order valence-electron chi connectivity index (χ0n) is 37.6. The molecule has 56 heavy (non-hydrogen) atoms. The Hall–Kier alpha value is -0.990. The van der Waals surface area contributed by atoms with Crippen LogP contribution in [0.5, 0.6) is 0 Å². The Bertz CT molecular complexity index is 927. The average molecular weight is 819 g/mol. The lowest BCUT2D eigenvalue weighted by Gasteiger charge is -2.24. The van der Waals surface area contributed by atoms with Gasteiger partial charge in [-0.25, -0.2) is 4.57 Å². The van der Waals surface area contributed by atoms with Crippen LogP contribution in [0.4, 0.5) is 0 Å². The molecule has 0 spiro atoms. The first-order valence-electron chi connectivity index (χ1n) is 23.8. The molecule has 0 saturated carbocycles. The first-order chi connectivity index (χ1) is 27.0. The van der Waals surface area contributed by atoms with E-state index in [-0.39, 0.29) is 25.6 Å². The fraction of sp³-hybridized carbons (Fsp3) is 0.957. The van der Waals surface area contributed by atoms with Gasteiger partial charge in [0, 0.05) is 12.8 Å². The summed E-state index contributed by atoms with van der Waals surface area (Å²) in [5.74, 6) is -0.781. The molecular weight excluding hydrogens is 725 g/mol. The molecular formula is C46H93NO8P+. The summed E-state index contributed by atoms with van der Waals surface area (Å²) in [4.78, 5) is 35.4.